The molecule has 1 aromatic rings. The van der Waals surface area contributed by atoms with Gasteiger partial charge in [-0.25, -0.2) is 0 Å². The van der Waals surface area contributed by atoms with Crippen molar-refractivity contribution >= 4 is 11.6 Å². The molecule has 0 spiro atoms. The van der Waals surface area contributed by atoms with Crippen LogP contribution < -0.4 is 5.32 Å². The summed E-state index contributed by atoms with van der Waals surface area (Å²) in [6, 6.07) is 3.48. The number of nitrogens with zero attached hydrogens (tertiary/aromatic N) is 1. The van der Waals surface area contributed by atoms with Crippen LogP contribution in [0.25, 0.3) is 0 Å². The van der Waals surface area contributed by atoms with Crippen LogP contribution >= 0.6 is 0 Å². The molecular formula is C14H18N2O4. The van der Waals surface area contributed by atoms with E-state index < -0.39 is 10.8 Å². The maximum absolute atomic E-state index is 12.1. The van der Waals surface area contributed by atoms with Gasteiger partial charge in [0, 0.05) is 12.6 Å². The van der Waals surface area contributed by atoms with Crippen molar-refractivity contribution in [3.8, 4) is 5.75 Å². The lowest BCUT2D eigenvalue weighted by Gasteiger charge is -2.41. The Labute approximate surface area is 117 Å². The Balaban J connectivity index is 2.12. The highest BCUT2D eigenvalue weighted by Crippen LogP contribution is 2.43. The van der Waals surface area contributed by atoms with Crippen LogP contribution in [-0.2, 0) is 0 Å². The summed E-state index contributed by atoms with van der Waals surface area (Å²) in [6.45, 7) is 2.61. The Bertz CT molecular complexity index is 532. The fourth-order valence-electron chi connectivity index (χ4n) is 2.56. The van der Waals surface area contributed by atoms with Gasteiger partial charge in [-0.2, -0.15) is 0 Å². The molecule has 0 heterocycles. The lowest BCUT2D eigenvalue weighted by Crippen LogP contribution is -2.41. The van der Waals surface area contributed by atoms with E-state index in [0.717, 1.165) is 37.8 Å². The molecule has 2 rings (SSSR count). The first-order chi connectivity index (χ1) is 9.47. The average Bonchev–Trinajstić information content (AvgIpc) is 2.37. The van der Waals surface area contributed by atoms with Crippen LogP contribution in [0, 0.1) is 15.5 Å². The van der Waals surface area contributed by atoms with Gasteiger partial charge in [-0.05, 0) is 36.8 Å². The summed E-state index contributed by atoms with van der Waals surface area (Å²) < 4.78 is 0. The van der Waals surface area contributed by atoms with Crippen LogP contribution in [0.5, 0.6) is 5.75 Å². The minimum atomic E-state index is -0.618. The van der Waals surface area contributed by atoms with Gasteiger partial charge in [-0.3, -0.25) is 14.9 Å². The predicted octanol–water partition coefficient (Wildman–Crippen LogP) is 2.61. The van der Waals surface area contributed by atoms with Crippen molar-refractivity contribution < 1.29 is 14.8 Å². The number of carbonyl (C=O) groups is 1. The van der Waals surface area contributed by atoms with Gasteiger partial charge in [0.05, 0.1) is 4.92 Å². The maximum Gasteiger partial charge on any atom is 0.282 e. The Morgan fingerprint density at radius 3 is 2.70 bits per heavy atom. The van der Waals surface area contributed by atoms with E-state index in [2.05, 4.69) is 12.2 Å². The van der Waals surface area contributed by atoms with Crippen LogP contribution in [0.4, 0.5) is 5.69 Å². The minimum Gasteiger partial charge on any atom is -0.508 e. The third-order valence-corrected chi connectivity index (χ3v) is 4.21. The van der Waals surface area contributed by atoms with E-state index in [4.69, 9.17) is 0 Å². The molecule has 1 aliphatic rings. The number of nitrogens with one attached hydrogen (secondary N) is 1. The third kappa shape index (κ3) is 2.74. The highest BCUT2D eigenvalue weighted by molar-refractivity contribution is 5.98. The SMILES string of the molecule is CCC1(CNC(=O)c2cc(O)ccc2[N+](=O)[O-])CCC1. The smallest absolute Gasteiger partial charge is 0.282 e. The number of nitro groups is 1. The van der Waals surface area contributed by atoms with Gasteiger partial charge in [0.2, 0.25) is 0 Å². The maximum atomic E-state index is 12.1. The van der Waals surface area contributed by atoms with E-state index in [1.807, 2.05) is 0 Å². The van der Waals surface area contributed by atoms with Crippen molar-refractivity contribution in [2.24, 2.45) is 5.41 Å². The molecule has 0 bridgehead atoms. The van der Waals surface area contributed by atoms with Crippen LogP contribution in [0.3, 0.4) is 0 Å². The van der Waals surface area contributed by atoms with Crippen LogP contribution in [0.15, 0.2) is 18.2 Å². The molecule has 2 N–H and O–H groups in total. The lowest BCUT2D eigenvalue weighted by atomic mass is 9.67. The van der Waals surface area contributed by atoms with E-state index in [0.29, 0.717) is 6.54 Å². The van der Waals surface area contributed by atoms with Gasteiger partial charge in [0.15, 0.2) is 0 Å². The molecule has 0 radical (unpaired) electrons. The van der Waals surface area contributed by atoms with Gasteiger partial charge in [0.25, 0.3) is 11.6 Å². The second-order valence-electron chi connectivity index (χ2n) is 5.35. The number of carbonyl (C=O) groups excluding carboxylic acids is 1. The van der Waals surface area contributed by atoms with Crippen LogP contribution in [0.1, 0.15) is 43.0 Å². The number of phenols is 1. The Morgan fingerprint density at radius 1 is 1.50 bits per heavy atom. The molecule has 1 amide bonds. The fourth-order valence-corrected chi connectivity index (χ4v) is 2.56. The standard InChI is InChI=1S/C14H18N2O4/c1-2-14(6-3-7-14)9-15-13(18)11-8-10(17)4-5-12(11)16(19)20/h4-5,8,17H,2-3,6-7,9H2,1H3,(H,15,18). The highest BCUT2D eigenvalue weighted by Gasteiger charge is 2.35. The lowest BCUT2D eigenvalue weighted by molar-refractivity contribution is -0.385. The molecule has 0 aliphatic heterocycles. The molecule has 0 unspecified atom stereocenters. The van der Waals surface area contributed by atoms with E-state index in [1.165, 1.54) is 6.07 Å². The summed E-state index contributed by atoms with van der Waals surface area (Å²) in [7, 11) is 0. The monoisotopic (exact) mass is 278 g/mol. The molecular weight excluding hydrogens is 260 g/mol. The zero-order valence-electron chi connectivity index (χ0n) is 11.4. The molecule has 0 saturated heterocycles. The fraction of sp³-hybridized carbons (Fsp3) is 0.500. The van der Waals surface area contributed by atoms with Crippen molar-refractivity contribution in [2.45, 2.75) is 32.6 Å². The molecule has 1 aliphatic carbocycles. The highest BCUT2D eigenvalue weighted by atomic mass is 16.6. The molecule has 6 nitrogen and oxygen atoms in total. The zero-order valence-corrected chi connectivity index (χ0v) is 11.4. The van der Waals surface area contributed by atoms with Crippen LogP contribution in [-0.4, -0.2) is 22.5 Å². The summed E-state index contributed by atoms with van der Waals surface area (Å²) in [5.41, 5.74) is -0.249. The van der Waals surface area contributed by atoms with Crippen molar-refractivity contribution in [2.75, 3.05) is 6.54 Å². The van der Waals surface area contributed by atoms with Crippen molar-refractivity contribution in [3.63, 3.8) is 0 Å². The summed E-state index contributed by atoms with van der Waals surface area (Å²) in [6.07, 6.45) is 4.29. The van der Waals surface area contributed by atoms with E-state index in [1.54, 1.807) is 0 Å². The number of hydrogen-bond donors (Lipinski definition) is 2. The summed E-state index contributed by atoms with van der Waals surface area (Å²) in [5.74, 6) is -0.665. The van der Waals surface area contributed by atoms with Crippen LogP contribution in [0.2, 0.25) is 0 Å². The number of amides is 1. The number of hydrogen-bond acceptors (Lipinski definition) is 4. The average molecular weight is 278 g/mol. The Kier molecular flexibility index (Phi) is 3.92. The number of aromatic hydroxyl groups is 1. The molecule has 1 fully saturated rings. The number of rotatable bonds is 5. The molecule has 0 aromatic heterocycles. The number of nitro benzene ring substituents is 1. The summed E-state index contributed by atoms with van der Waals surface area (Å²) in [5, 5.41) is 23.1. The van der Waals surface area contributed by atoms with Gasteiger partial charge >= 0.3 is 0 Å². The van der Waals surface area contributed by atoms with Gasteiger partial charge in [-0.1, -0.05) is 13.3 Å². The largest absolute Gasteiger partial charge is 0.508 e. The Hall–Kier alpha value is -2.11. The predicted molar refractivity (Wildman–Crippen MR) is 73.7 cm³/mol. The van der Waals surface area contributed by atoms with Crippen molar-refractivity contribution in [1.82, 2.24) is 5.32 Å². The topological polar surface area (TPSA) is 92.5 Å². The van der Waals surface area contributed by atoms with E-state index in [-0.39, 0.29) is 22.4 Å². The van der Waals surface area contributed by atoms with Gasteiger partial charge in [0.1, 0.15) is 11.3 Å². The normalized spacial score (nSPS) is 16.2. The number of benzene rings is 1. The quantitative estimate of drug-likeness (QED) is 0.639. The molecule has 20 heavy (non-hydrogen) atoms. The second kappa shape index (κ2) is 5.48. The summed E-state index contributed by atoms with van der Waals surface area (Å²) in [4.78, 5) is 22.4. The molecule has 1 aromatic carbocycles. The van der Waals surface area contributed by atoms with E-state index >= 15 is 0 Å². The Morgan fingerprint density at radius 2 is 2.20 bits per heavy atom. The van der Waals surface area contributed by atoms with Gasteiger partial charge in [-0.15, -0.1) is 0 Å². The zero-order chi connectivity index (χ0) is 14.8. The van der Waals surface area contributed by atoms with Gasteiger partial charge < -0.3 is 10.4 Å². The molecule has 6 heteroatoms. The van der Waals surface area contributed by atoms with E-state index in [9.17, 15) is 20.0 Å². The minimum absolute atomic E-state index is 0.0967. The first kappa shape index (κ1) is 14.3. The number of phenolic OH excluding ortho intramolecular Hbond substituents is 1. The summed E-state index contributed by atoms with van der Waals surface area (Å²) >= 11 is 0. The first-order valence-corrected chi connectivity index (χ1v) is 6.73. The molecule has 108 valence electrons. The van der Waals surface area contributed by atoms with Crippen molar-refractivity contribution in [1.29, 1.82) is 0 Å². The molecule has 1 saturated carbocycles. The first-order valence-electron chi connectivity index (χ1n) is 6.73. The molecule has 0 atom stereocenters. The third-order valence-electron chi connectivity index (χ3n) is 4.21. The second-order valence-corrected chi connectivity index (χ2v) is 5.35. The van der Waals surface area contributed by atoms with Crippen molar-refractivity contribution in [3.05, 3.63) is 33.9 Å².